The minimum Gasteiger partial charge on any atom is -0.318 e. The normalized spacial score (nSPS) is 10.8. The number of carbonyl (C=O) groups excluding carboxylic acids is 2. The second kappa shape index (κ2) is 5.51. The lowest BCUT2D eigenvalue weighted by atomic mass is 10.2. The van der Waals surface area contributed by atoms with Crippen molar-refractivity contribution in [3.8, 4) is 0 Å². The summed E-state index contributed by atoms with van der Waals surface area (Å²) < 4.78 is 0. The molecule has 0 fully saturated rings. The number of nitrogens with zero attached hydrogens (tertiary/aromatic N) is 2. The number of hydrogen-bond acceptors (Lipinski definition) is 4. The molecule has 2 aromatic carbocycles. The summed E-state index contributed by atoms with van der Waals surface area (Å²) in [5.74, 6) is -1.49. The van der Waals surface area contributed by atoms with E-state index in [1.54, 1.807) is 48.8 Å². The van der Waals surface area contributed by atoms with Gasteiger partial charge in [-0.15, -0.1) is 0 Å². The van der Waals surface area contributed by atoms with Crippen LogP contribution in [0.3, 0.4) is 0 Å². The van der Waals surface area contributed by atoms with Gasteiger partial charge in [0.1, 0.15) is 0 Å². The Bertz CT molecular complexity index is 979. The lowest BCUT2D eigenvalue weighted by Crippen LogP contribution is -2.29. The molecule has 4 N–H and O–H groups in total. The lowest BCUT2D eigenvalue weighted by Gasteiger charge is -2.07. The Morgan fingerprint density at radius 3 is 1.67 bits per heavy atom. The average Bonchev–Trinajstić information content (AvgIpc) is 3.22. The van der Waals surface area contributed by atoms with Crippen molar-refractivity contribution in [2.75, 3.05) is 10.6 Å². The number of aromatic nitrogens is 4. The molecule has 0 aliphatic carbocycles. The maximum atomic E-state index is 12.0. The zero-order valence-corrected chi connectivity index (χ0v) is 12.3. The molecule has 8 heteroatoms. The van der Waals surface area contributed by atoms with Gasteiger partial charge in [0, 0.05) is 22.1 Å². The monoisotopic (exact) mass is 320 g/mol. The van der Waals surface area contributed by atoms with Crippen LogP contribution in [0.5, 0.6) is 0 Å². The smallest absolute Gasteiger partial charge is 0.314 e. The van der Waals surface area contributed by atoms with Crippen LogP contribution in [0, 0.1) is 0 Å². The largest absolute Gasteiger partial charge is 0.318 e. The summed E-state index contributed by atoms with van der Waals surface area (Å²) in [5, 5.41) is 20.3. The fraction of sp³-hybridized carbons (Fsp3) is 0. The minimum absolute atomic E-state index is 0.523. The van der Waals surface area contributed by atoms with Crippen LogP contribution in [0.1, 0.15) is 0 Å². The Labute approximate surface area is 135 Å². The van der Waals surface area contributed by atoms with Crippen molar-refractivity contribution >= 4 is 45.0 Å². The maximum absolute atomic E-state index is 12.0. The quantitative estimate of drug-likeness (QED) is 0.423. The Morgan fingerprint density at radius 1 is 0.750 bits per heavy atom. The molecular formula is C16H12N6O2. The SMILES string of the molecule is O=C(Nc1ccc2[nH]ncc2c1)C(=O)Nc1ccc2[nH]ncc2c1. The van der Waals surface area contributed by atoms with E-state index >= 15 is 0 Å². The molecule has 0 saturated carbocycles. The van der Waals surface area contributed by atoms with Crippen LogP contribution in [0.15, 0.2) is 48.8 Å². The van der Waals surface area contributed by atoms with Gasteiger partial charge in [-0.3, -0.25) is 19.8 Å². The fourth-order valence-corrected chi connectivity index (χ4v) is 2.42. The maximum Gasteiger partial charge on any atom is 0.314 e. The molecule has 2 heterocycles. The first-order valence-corrected chi connectivity index (χ1v) is 7.18. The van der Waals surface area contributed by atoms with Crippen molar-refractivity contribution in [2.24, 2.45) is 0 Å². The Hall–Kier alpha value is -3.68. The predicted octanol–water partition coefficient (Wildman–Crippen LogP) is 2.02. The van der Waals surface area contributed by atoms with Crippen molar-refractivity contribution in [1.29, 1.82) is 0 Å². The summed E-state index contributed by atoms with van der Waals surface area (Å²) >= 11 is 0. The summed E-state index contributed by atoms with van der Waals surface area (Å²) in [6.07, 6.45) is 3.29. The average molecular weight is 320 g/mol. The molecule has 2 amide bonds. The minimum atomic E-state index is -0.745. The number of nitrogens with one attached hydrogen (secondary N) is 4. The molecule has 0 aliphatic rings. The summed E-state index contributed by atoms with van der Waals surface area (Å²) in [7, 11) is 0. The van der Waals surface area contributed by atoms with E-state index in [-0.39, 0.29) is 0 Å². The molecule has 2 aromatic heterocycles. The van der Waals surface area contributed by atoms with Crippen LogP contribution in [-0.2, 0) is 9.59 Å². The van der Waals surface area contributed by atoms with E-state index < -0.39 is 11.8 Å². The summed E-state index contributed by atoms with van der Waals surface area (Å²) in [6, 6.07) is 10.4. The van der Waals surface area contributed by atoms with Gasteiger partial charge in [-0.1, -0.05) is 0 Å². The standard InChI is InChI=1S/C16H12N6O2/c23-15(19-11-1-3-13-9(5-11)7-17-21-13)16(24)20-12-2-4-14-10(6-12)8-18-22-14/h1-8H,(H,17,21)(H,18,22)(H,19,23)(H,20,24). The van der Waals surface area contributed by atoms with Crippen molar-refractivity contribution in [2.45, 2.75) is 0 Å². The third kappa shape index (κ3) is 2.56. The number of hydrogen-bond donors (Lipinski definition) is 4. The molecule has 0 radical (unpaired) electrons. The Balaban J connectivity index is 1.47. The van der Waals surface area contributed by atoms with Gasteiger partial charge in [0.25, 0.3) is 0 Å². The summed E-state index contributed by atoms with van der Waals surface area (Å²) in [5.41, 5.74) is 2.75. The highest BCUT2D eigenvalue weighted by Crippen LogP contribution is 2.18. The van der Waals surface area contributed by atoms with Crippen LogP contribution < -0.4 is 10.6 Å². The zero-order chi connectivity index (χ0) is 16.5. The van der Waals surface area contributed by atoms with Crippen LogP contribution in [0.4, 0.5) is 11.4 Å². The zero-order valence-electron chi connectivity index (χ0n) is 12.3. The van der Waals surface area contributed by atoms with Gasteiger partial charge >= 0.3 is 11.8 Å². The second-order valence-electron chi connectivity index (χ2n) is 5.25. The molecule has 118 valence electrons. The molecule has 8 nitrogen and oxygen atoms in total. The van der Waals surface area contributed by atoms with Crippen LogP contribution in [-0.4, -0.2) is 32.2 Å². The molecular weight excluding hydrogens is 308 g/mol. The van der Waals surface area contributed by atoms with Crippen molar-refractivity contribution < 1.29 is 9.59 Å². The topological polar surface area (TPSA) is 116 Å². The number of fused-ring (bicyclic) bond motifs is 2. The number of H-pyrrole nitrogens is 2. The number of anilines is 2. The number of carbonyl (C=O) groups is 2. The first-order chi connectivity index (χ1) is 11.7. The number of amides is 2. The molecule has 0 bridgehead atoms. The van der Waals surface area contributed by atoms with Crippen LogP contribution in [0.25, 0.3) is 21.8 Å². The second-order valence-corrected chi connectivity index (χ2v) is 5.25. The van der Waals surface area contributed by atoms with E-state index in [1.165, 1.54) is 0 Å². The van der Waals surface area contributed by atoms with E-state index in [2.05, 4.69) is 31.0 Å². The molecule has 0 atom stereocenters. The van der Waals surface area contributed by atoms with Gasteiger partial charge < -0.3 is 10.6 Å². The summed E-state index contributed by atoms with van der Waals surface area (Å²) in [4.78, 5) is 24.1. The van der Waals surface area contributed by atoms with E-state index in [9.17, 15) is 9.59 Å². The summed E-state index contributed by atoms with van der Waals surface area (Å²) in [6.45, 7) is 0. The van der Waals surface area contributed by atoms with E-state index in [0.29, 0.717) is 11.4 Å². The first kappa shape index (κ1) is 13.9. The van der Waals surface area contributed by atoms with Crippen molar-refractivity contribution in [3.05, 3.63) is 48.8 Å². The third-order valence-corrected chi connectivity index (χ3v) is 3.60. The third-order valence-electron chi connectivity index (χ3n) is 3.60. The fourth-order valence-electron chi connectivity index (χ4n) is 2.42. The number of aromatic amines is 2. The molecule has 4 rings (SSSR count). The number of rotatable bonds is 2. The van der Waals surface area contributed by atoms with Crippen molar-refractivity contribution in [1.82, 2.24) is 20.4 Å². The molecule has 0 aliphatic heterocycles. The van der Waals surface area contributed by atoms with E-state index in [1.807, 2.05) is 0 Å². The highest BCUT2D eigenvalue weighted by molar-refractivity contribution is 6.43. The van der Waals surface area contributed by atoms with Crippen LogP contribution in [0.2, 0.25) is 0 Å². The molecule has 0 spiro atoms. The Kier molecular flexibility index (Phi) is 3.20. The predicted molar refractivity (Wildman–Crippen MR) is 89.4 cm³/mol. The van der Waals surface area contributed by atoms with Gasteiger partial charge in [-0.2, -0.15) is 10.2 Å². The van der Waals surface area contributed by atoms with Crippen molar-refractivity contribution in [3.63, 3.8) is 0 Å². The van der Waals surface area contributed by atoms with Gasteiger partial charge in [0.2, 0.25) is 0 Å². The highest BCUT2D eigenvalue weighted by Gasteiger charge is 2.14. The van der Waals surface area contributed by atoms with Gasteiger partial charge in [0.05, 0.1) is 23.4 Å². The van der Waals surface area contributed by atoms with Gasteiger partial charge in [0.15, 0.2) is 0 Å². The van der Waals surface area contributed by atoms with E-state index in [4.69, 9.17) is 0 Å². The molecule has 0 unspecified atom stereocenters. The van der Waals surface area contributed by atoms with Gasteiger partial charge in [-0.05, 0) is 36.4 Å². The van der Waals surface area contributed by atoms with Gasteiger partial charge in [-0.25, -0.2) is 0 Å². The molecule has 4 aromatic rings. The highest BCUT2D eigenvalue weighted by atomic mass is 16.2. The lowest BCUT2D eigenvalue weighted by molar-refractivity contribution is -0.132. The molecule has 24 heavy (non-hydrogen) atoms. The Morgan fingerprint density at radius 2 is 1.21 bits per heavy atom. The van der Waals surface area contributed by atoms with Crippen LogP contribution >= 0.6 is 0 Å². The first-order valence-electron chi connectivity index (χ1n) is 7.18. The number of benzene rings is 2. The van der Waals surface area contributed by atoms with E-state index in [0.717, 1.165) is 21.8 Å². The molecule has 0 saturated heterocycles.